The summed E-state index contributed by atoms with van der Waals surface area (Å²) in [4.78, 5) is 13.1. The van der Waals surface area contributed by atoms with Gasteiger partial charge in [-0.05, 0) is 58.8 Å². The van der Waals surface area contributed by atoms with Gasteiger partial charge in [0.15, 0.2) is 0 Å². The highest BCUT2D eigenvalue weighted by Crippen LogP contribution is 2.28. The predicted octanol–water partition coefficient (Wildman–Crippen LogP) is 7.12. The Hall–Kier alpha value is -4.62. The van der Waals surface area contributed by atoms with E-state index in [1.165, 1.54) is 0 Å². The fourth-order valence-electron chi connectivity index (χ4n) is 3.91. The normalized spacial score (nSPS) is 11.0. The minimum atomic E-state index is -1.26. The van der Waals surface area contributed by atoms with Crippen molar-refractivity contribution in [1.82, 2.24) is 5.43 Å². The maximum Gasteiger partial charge on any atom is 0.323 e. The van der Waals surface area contributed by atoms with Crippen molar-refractivity contribution in [3.05, 3.63) is 137 Å². The van der Waals surface area contributed by atoms with Gasteiger partial charge in [-0.1, -0.05) is 94.8 Å². The van der Waals surface area contributed by atoms with Crippen molar-refractivity contribution in [2.24, 2.45) is 5.10 Å². The van der Waals surface area contributed by atoms with Crippen LogP contribution in [0.2, 0.25) is 0 Å². The first-order valence-corrected chi connectivity index (χ1v) is 13.1. The van der Waals surface area contributed by atoms with E-state index in [-0.39, 0.29) is 0 Å². The Morgan fingerprint density at radius 2 is 1.46 bits per heavy atom. The molecule has 5 aromatic carbocycles. The quantitative estimate of drug-likeness (QED) is 0.108. The lowest BCUT2D eigenvalue weighted by Gasteiger charge is -2.18. The van der Waals surface area contributed by atoms with Crippen LogP contribution in [0.1, 0.15) is 11.1 Å². The highest BCUT2D eigenvalue weighted by atomic mass is 79.9. The Balaban J connectivity index is 1.36. The van der Waals surface area contributed by atoms with Gasteiger partial charge in [-0.25, -0.2) is 5.43 Å². The van der Waals surface area contributed by atoms with Gasteiger partial charge in [0.25, 0.3) is 0 Å². The molecule has 6 nitrogen and oxygen atoms in total. The number of hydrazone groups is 1. The zero-order chi connectivity index (χ0) is 26.9. The first-order chi connectivity index (χ1) is 19.2. The molecule has 0 atom stereocenters. The van der Waals surface area contributed by atoms with Gasteiger partial charge < -0.3 is 14.2 Å². The number of nitrogens with one attached hydrogen (secondary N) is 1. The third-order valence-corrected chi connectivity index (χ3v) is 6.26. The zero-order valence-electron chi connectivity index (χ0n) is 20.9. The van der Waals surface area contributed by atoms with Crippen molar-refractivity contribution < 1.29 is 19.0 Å². The number of hydrogen-bond acceptors (Lipinski definition) is 5. The van der Waals surface area contributed by atoms with Crippen molar-refractivity contribution in [3.63, 3.8) is 0 Å². The summed E-state index contributed by atoms with van der Waals surface area (Å²) in [5, 5.41) is 6.22. The second-order valence-corrected chi connectivity index (χ2v) is 9.46. The molecule has 1 amide bonds. The van der Waals surface area contributed by atoms with Crippen LogP contribution in [0.15, 0.2) is 131 Å². The maximum atomic E-state index is 13.1. The Morgan fingerprint density at radius 3 is 2.15 bits per heavy atom. The fourth-order valence-corrected chi connectivity index (χ4v) is 4.36. The van der Waals surface area contributed by atoms with Gasteiger partial charge in [0.1, 0.15) is 23.9 Å². The Morgan fingerprint density at radius 1 is 0.795 bits per heavy atom. The van der Waals surface area contributed by atoms with E-state index >= 15 is 0 Å². The number of carbonyl (C=O) groups is 1. The van der Waals surface area contributed by atoms with Crippen molar-refractivity contribution in [3.8, 4) is 17.2 Å². The van der Waals surface area contributed by atoms with Crippen molar-refractivity contribution in [1.29, 1.82) is 0 Å². The van der Waals surface area contributed by atoms with Crippen LogP contribution >= 0.6 is 15.9 Å². The molecule has 0 saturated carbocycles. The monoisotopic (exact) mass is 580 g/mol. The van der Waals surface area contributed by atoms with E-state index in [4.69, 9.17) is 14.2 Å². The van der Waals surface area contributed by atoms with Crippen molar-refractivity contribution in [2.75, 3.05) is 0 Å². The number of nitrogens with zero attached hydrogens (tertiary/aromatic N) is 1. The topological polar surface area (TPSA) is 69.2 Å². The number of halogens is 1. The minimum absolute atomic E-state index is 0.378. The average Bonchev–Trinajstić information content (AvgIpc) is 2.97. The number of rotatable bonds is 10. The molecule has 5 aromatic rings. The summed E-state index contributed by atoms with van der Waals surface area (Å²) >= 11 is 3.50. The van der Waals surface area contributed by atoms with Gasteiger partial charge in [0.2, 0.25) is 0 Å². The van der Waals surface area contributed by atoms with Crippen LogP contribution in [0, 0.1) is 0 Å². The summed E-state index contributed by atoms with van der Waals surface area (Å²) in [6.45, 7) is 0.378. The molecule has 0 unspecified atom stereocenters. The number of carbonyl (C=O) groups excluding carboxylic acids is 1. The lowest BCUT2D eigenvalue weighted by atomic mass is 10.0. The highest BCUT2D eigenvalue weighted by Gasteiger charge is 2.22. The molecule has 0 radical (unpaired) electrons. The van der Waals surface area contributed by atoms with E-state index in [2.05, 4.69) is 26.5 Å². The Kier molecular flexibility index (Phi) is 8.51. The lowest BCUT2D eigenvalue weighted by Crippen LogP contribution is -2.40. The standard InChI is InChI=1S/C32H25BrN2O4/c33-25-12-9-10-23(20-25)22-37-30-19-18-24-11-7-8-17-28(24)29(30)21-34-35-31(36)32(38-26-13-3-1-4-14-26)39-27-15-5-2-6-16-27/h1-21,32H,22H2,(H,35,36)/b34-21+. The number of amides is 1. The molecule has 0 aromatic heterocycles. The van der Waals surface area contributed by atoms with Crippen LogP contribution in [0.25, 0.3) is 10.8 Å². The van der Waals surface area contributed by atoms with Crippen molar-refractivity contribution in [2.45, 2.75) is 12.9 Å². The van der Waals surface area contributed by atoms with E-state index in [9.17, 15) is 4.79 Å². The van der Waals surface area contributed by atoms with Gasteiger partial charge in [-0.2, -0.15) is 5.10 Å². The molecule has 5 rings (SSSR count). The molecule has 0 bridgehead atoms. The van der Waals surface area contributed by atoms with Crippen LogP contribution in [-0.2, 0) is 11.4 Å². The number of ether oxygens (including phenoxy) is 3. The molecule has 0 aliphatic heterocycles. The largest absolute Gasteiger partial charge is 0.488 e. The van der Waals surface area contributed by atoms with Crippen molar-refractivity contribution >= 4 is 38.8 Å². The summed E-state index contributed by atoms with van der Waals surface area (Å²) in [6, 6.07) is 37.8. The molecule has 1 N–H and O–H groups in total. The molecule has 0 aliphatic carbocycles. The van der Waals surface area contributed by atoms with Gasteiger partial charge in [-0.3, -0.25) is 4.79 Å². The van der Waals surface area contributed by atoms with Gasteiger partial charge in [0, 0.05) is 10.0 Å². The number of para-hydroxylation sites is 2. The van der Waals surface area contributed by atoms with Gasteiger partial charge in [-0.15, -0.1) is 0 Å². The number of fused-ring (bicyclic) bond motifs is 1. The number of benzene rings is 5. The summed E-state index contributed by atoms with van der Waals surface area (Å²) in [5.41, 5.74) is 4.33. The van der Waals surface area contributed by atoms with E-state index in [0.717, 1.165) is 26.4 Å². The summed E-state index contributed by atoms with van der Waals surface area (Å²) in [5.74, 6) is 1.07. The molecule has 0 fully saturated rings. The molecule has 0 heterocycles. The smallest absolute Gasteiger partial charge is 0.323 e. The molecular formula is C32H25BrN2O4. The van der Waals surface area contributed by atoms with E-state index in [0.29, 0.717) is 23.9 Å². The second kappa shape index (κ2) is 12.8. The third kappa shape index (κ3) is 7.03. The molecular weight excluding hydrogens is 556 g/mol. The van der Waals surface area contributed by atoms with Crippen LogP contribution < -0.4 is 19.6 Å². The second-order valence-electron chi connectivity index (χ2n) is 8.55. The molecule has 194 valence electrons. The first-order valence-electron chi connectivity index (χ1n) is 12.3. The SMILES string of the molecule is O=C(N/N=C/c1c(OCc2cccc(Br)c2)ccc2ccccc12)C(Oc1ccccc1)Oc1ccccc1. The molecule has 0 saturated heterocycles. The predicted molar refractivity (Wildman–Crippen MR) is 156 cm³/mol. The van der Waals surface area contributed by atoms with Crippen LogP contribution in [-0.4, -0.2) is 18.4 Å². The van der Waals surface area contributed by atoms with E-state index in [1.807, 2.05) is 97.1 Å². The van der Waals surface area contributed by atoms with Crippen LogP contribution in [0.3, 0.4) is 0 Å². The van der Waals surface area contributed by atoms with Gasteiger partial charge in [0.05, 0.1) is 6.21 Å². The summed E-state index contributed by atoms with van der Waals surface area (Å²) in [7, 11) is 0. The van der Waals surface area contributed by atoms with Crippen LogP contribution in [0.4, 0.5) is 0 Å². The Labute approximate surface area is 235 Å². The highest BCUT2D eigenvalue weighted by molar-refractivity contribution is 9.10. The third-order valence-electron chi connectivity index (χ3n) is 5.77. The molecule has 0 aliphatic rings. The molecule has 7 heteroatoms. The van der Waals surface area contributed by atoms with Gasteiger partial charge >= 0.3 is 12.2 Å². The summed E-state index contributed by atoms with van der Waals surface area (Å²) < 4.78 is 18.8. The number of hydrogen-bond donors (Lipinski definition) is 1. The Bertz CT molecular complexity index is 1530. The fraction of sp³-hybridized carbons (Fsp3) is 0.0625. The average molecular weight is 581 g/mol. The zero-order valence-corrected chi connectivity index (χ0v) is 22.5. The molecule has 39 heavy (non-hydrogen) atoms. The van der Waals surface area contributed by atoms with E-state index in [1.54, 1.807) is 30.5 Å². The lowest BCUT2D eigenvalue weighted by molar-refractivity contribution is -0.140. The summed E-state index contributed by atoms with van der Waals surface area (Å²) in [6.07, 6.45) is 0.324. The maximum absolute atomic E-state index is 13.1. The van der Waals surface area contributed by atoms with E-state index < -0.39 is 12.2 Å². The minimum Gasteiger partial charge on any atom is -0.488 e. The molecule has 0 spiro atoms. The van der Waals surface area contributed by atoms with Crippen LogP contribution in [0.5, 0.6) is 17.2 Å². The first kappa shape index (κ1) is 26.0.